The van der Waals surface area contributed by atoms with E-state index in [1.54, 1.807) is 0 Å². The van der Waals surface area contributed by atoms with Crippen LogP contribution in [-0.2, 0) is 9.59 Å². The molecule has 2 aromatic rings. The maximum atomic E-state index is 12.3. The second-order valence-electron chi connectivity index (χ2n) is 6.18. The van der Waals surface area contributed by atoms with Gasteiger partial charge in [-0.25, -0.2) is 0 Å². The highest BCUT2D eigenvalue weighted by molar-refractivity contribution is 7.21. The summed E-state index contributed by atoms with van der Waals surface area (Å²) in [6, 6.07) is 7.42. The van der Waals surface area contributed by atoms with Crippen molar-refractivity contribution >= 4 is 50.8 Å². The number of aliphatic carboxylic acids is 1. The number of amides is 2. The molecule has 1 aliphatic rings. The number of hydrogen-bond donors (Lipinski definition) is 3. The first-order valence-corrected chi connectivity index (χ1v) is 9.08. The smallest absolute Gasteiger partial charge is 0.305 e. The van der Waals surface area contributed by atoms with Crippen molar-refractivity contribution in [1.29, 1.82) is 0 Å². The molecule has 0 atom stereocenters. The summed E-state index contributed by atoms with van der Waals surface area (Å²) in [6.45, 7) is -0.217. The molecule has 6 nitrogen and oxygen atoms in total. The quantitative estimate of drug-likeness (QED) is 0.718. The van der Waals surface area contributed by atoms with E-state index in [-0.39, 0.29) is 13.0 Å². The molecule has 1 saturated carbocycles. The fraction of sp³-hybridized carbons (Fsp3) is 0.353. The first-order chi connectivity index (χ1) is 11.9. The van der Waals surface area contributed by atoms with Crippen LogP contribution in [0.1, 0.15) is 35.4 Å². The number of hydrogen-bond acceptors (Lipinski definition) is 4. The fourth-order valence-electron chi connectivity index (χ4n) is 2.98. The molecule has 0 saturated heterocycles. The number of rotatable bonds is 6. The summed E-state index contributed by atoms with van der Waals surface area (Å²) in [5.41, 5.74) is -0.678. The average Bonchev–Trinajstić information content (AvgIpc) is 2.87. The van der Waals surface area contributed by atoms with Crippen LogP contribution in [0.4, 0.5) is 0 Å². The Balaban J connectivity index is 1.60. The van der Waals surface area contributed by atoms with Gasteiger partial charge in [0.1, 0.15) is 4.88 Å². The Morgan fingerprint density at radius 2 is 1.96 bits per heavy atom. The van der Waals surface area contributed by atoms with Gasteiger partial charge in [0.15, 0.2) is 0 Å². The molecule has 1 fully saturated rings. The van der Waals surface area contributed by atoms with Gasteiger partial charge in [-0.2, -0.15) is 0 Å². The molecule has 1 aromatic carbocycles. The lowest BCUT2D eigenvalue weighted by molar-refractivity contribution is -0.140. The Kier molecular flexibility index (Phi) is 4.96. The molecule has 0 radical (unpaired) electrons. The standard InChI is InChI=1S/C17H17ClN2O4S/c18-14-10-4-1-2-5-11(10)25-15(14)16(24)19-9-12(21)20-17(6-3-7-17)8-13(22)23/h1-2,4-5H,3,6-9H2,(H,19,24)(H,20,21)(H,22,23). The highest BCUT2D eigenvalue weighted by Crippen LogP contribution is 2.35. The summed E-state index contributed by atoms with van der Waals surface area (Å²) in [6.07, 6.45) is 2.06. The molecule has 25 heavy (non-hydrogen) atoms. The van der Waals surface area contributed by atoms with Gasteiger partial charge >= 0.3 is 5.97 Å². The van der Waals surface area contributed by atoms with Crippen molar-refractivity contribution in [3.63, 3.8) is 0 Å². The van der Waals surface area contributed by atoms with Crippen LogP contribution in [0.25, 0.3) is 10.1 Å². The number of benzene rings is 1. The lowest BCUT2D eigenvalue weighted by Crippen LogP contribution is -2.56. The van der Waals surface area contributed by atoms with Crippen molar-refractivity contribution in [3.8, 4) is 0 Å². The van der Waals surface area contributed by atoms with E-state index in [4.69, 9.17) is 16.7 Å². The van der Waals surface area contributed by atoms with E-state index in [0.29, 0.717) is 22.7 Å². The minimum Gasteiger partial charge on any atom is -0.481 e. The molecule has 132 valence electrons. The summed E-state index contributed by atoms with van der Waals surface area (Å²) in [5.74, 6) is -1.75. The number of thiophene rings is 1. The van der Waals surface area contributed by atoms with Gasteiger partial charge in [-0.1, -0.05) is 29.8 Å². The number of carbonyl (C=O) groups is 3. The minimum absolute atomic E-state index is 0.102. The lowest BCUT2D eigenvalue weighted by Gasteiger charge is -2.41. The van der Waals surface area contributed by atoms with Crippen LogP contribution in [-0.4, -0.2) is 35.0 Å². The summed E-state index contributed by atoms with van der Waals surface area (Å²) in [4.78, 5) is 35.7. The van der Waals surface area contributed by atoms with Crippen molar-refractivity contribution in [3.05, 3.63) is 34.2 Å². The SMILES string of the molecule is O=C(O)CC1(NC(=O)CNC(=O)c2sc3ccccc3c2Cl)CCC1. The van der Waals surface area contributed by atoms with Gasteiger partial charge in [-0.05, 0) is 25.3 Å². The summed E-state index contributed by atoms with van der Waals surface area (Å²) >= 11 is 7.51. The zero-order chi connectivity index (χ0) is 18.0. The van der Waals surface area contributed by atoms with Crippen LogP contribution in [0.15, 0.2) is 24.3 Å². The van der Waals surface area contributed by atoms with E-state index in [9.17, 15) is 14.4 Å². The Morgan fingerprint density at radius 3 is 2.56 bits per heavy atom. The minimum atomic E-state index is -0.943. The molecular formula is C17H17ClN2O4S. The number of halogens is 1. The van der Waals surface area contributed by atoms with Gasteiger partial charge < -0.3 is 15.7 Å². The largest absolute Gasteiger partial charge is 0.481 e. The molecule has 1 aliphatic carbocycles. The second kappa shape index (κ2) is 7.01. The first-order valence-electron chi connectivity index (χ1n) is 7.88. The Bertz CT molecular complexity index is 844. The Morgan fingerprint density at radius 1 is 1.24 bits per heavy atom. The van der Waals surface area contributed by atoms with E-state index in [0.717, 1.165) is 16.5 Å². The normalized spacial score (nSPS) is 15.4. The Labute approximate surface area is 153 Å². The van der Waals surface area contributed by atoms with Crippen LogP contribution in [0, 0.1) is 0 Å². The van der Waals surface area contributed by atoms with Crippen molar-refractivity contribution in [2.75, 3.05) is 6.54 Å². The maximum absolute atomic E-state index is 12.3. The number of carbonyl (C=O) groups excluding carboxylic acids is 2. The third-order valence-electron chi connectivity index (χ3n) is 4.36. The average molecular weight is 381 g/mol. The molecule has 3 N–H and O–H groups in total. The molecule has 0 aliphatic heterocycles. The highest BCUT2D eigenvalue weighted by atomic mass is 35.5. The predicted octanol–water partition coefficient (Wildman–Crippen LogP) is 2.80. The summed E-state index contributed by atoms with van der Waals surface area (Å²) in [5, 5.41) is 15.4. The van der Waals surface area contributed by atoms with Gasteiger partial charge in [0.25, 0.3) is 5.91 Å². The predicted molar refractivity (Wildman–Crippen MR) is 96.1 cm³/mol. The topological polar surface area (TPSA) is 95.5 Å². The van der Waals surface area contributed by atoms with Gasteiger partial charge in [0.2, 0.25) is 5.91 Å². The van der Waals surface area contributed by atoms with Gasteiger partial charge in [0.05, 0.1) is 23.5 Å². The number of carboxylic acids is 1. The Hall–Kier alpha value is -2.12. The molecule has 2 amide bonds. The zero-order valence-electron chi connectivity index (χ0n) is 13.3. The molecule has 8 heteroatoms. The van der Waals surface area contributed by atoms with Crippen molar-refractivity contribution in [2.45, 2.75) is 31.2 Å². The van der Waals surface area contributed by atoms with Crippen LogP contribution in [0.3, 0.4) is 0 Å². The number of fused-ring (bicyclic) bond motifs is 1. The van der Waals surface area contributed by atoms with Gasteiger partial charge in [-0.15, -0.1) is 11.3 Å². The number of carboxylic acid groups (broad SMARTS) is 1. The van der Waals surface area contributed by atoms with E-state index < -0.39 is 23.3 Å². The molecule has 1 aromatic heterocycles. The molecule has 1 heterocycles. The first kappa shape index (κ1) is 17.7. The molecule has 0 unspecified atom stereocenters. The van der Waals surface area contributed by atoms with E-state index in [1.165, 1.54) is 11.3 Å². The van der Waals surface area contributed by atoms with Gasteiger partial charge in [-0.3, -0.25) is 14.4 Å². The van der Waals surface area contributed by atoms with Crippen LogP contribution in [0.2, 0.25) is 5.02 Å². The van der Waals surface area contributed by atoms with Gasteiger partial charge in [0, 0.05) is 10.1 Å². The number of nitrogens with one attached hydrogen (secondary N) is 2. The zero-order valence-corrected chi connectivity index (χ0v) is 14.9. The molecule has 3 rings (SSSR count). The van der Waals surface area contributed by atoms with Crippen molar-refractivity contribution in [2.24, 2.45) is 0 Å². The lowest BCUT2D eigenvalue weighted by atomic mass is 9.74. The molecule has 0 spiro atoms. The maximum Gasteiger partial charge on any atom is 0.305 e. The highest BCUT2D eigenvalue weighted by Gasteiger charge is 2.40. The van der Waals surface area contributed by atoms with E-state index in [2.05, 4.69) is 10.6 Å². The monoisotopic (exact) mass is 380 g/mol. The van der Waals surface area contributed by atoms with E-state index >= 15 is 0 Å². The summed E-state index contributed by atoms with van der Waals surface area (Å²) < 4.78 is 0.900. The van der Waals surface area contributed by atoms with E-state index in [1.807, 2.05) is 24.3 Å². The van der Waals surface area contributed by atoms with Crippen molar-refractivity contribution < 1.29 is 19.5 Å². The molecule has 0 bridgehead atoms. The second-order valence-corrected chi connectivity index (χ2v) is 7.61. The van der Waals surface area contributed by atoms with Crippen molar-refractivity contribution in [1.82, 2.24) is 10.6 Å². The summed E-state index contributed by atoms with van der Waals surface area (Å²) in [7, 11) is 0. The van der Waals surface area contributed by atoms with Crippen LogP contribution < -0.4 is 10.6 Å². The third kappa shape index (κ3) is 3.77. The fourth-order valence-corrected chi connectivity index (χ4v) is 4.41. The van der Waals surface area contributed by atoms with Crippen LogP contribution in [0.5, 0.6) is 0 Å². The molecular weight excluding hydrogens is 364 g/mol. The third-order valence-corrected chi connectivity index (χ3v) is 6.03. The van der Waals surface area contributed by atoms with Crippen LogP contribution >= 0.6 is 22.9 Å².